The van der Waals surface area contributed by atoms with Gasteiger partial charge in [0.25, 0.3) is 0 Å². The Balaban J connectivity index is 2.16. The van der Waals surface area contributed by atoms with Crippen molar-refractivity contribution in [3.8, 4) is 0 Å². The van der Waals surface area contributed by atoms with Crippen molar-refractivity contribution in [1.82, 2.24) is 0 Å². The van der Waals surface area contributed by atoms with Crippen molar-refractivity contribution in [3.05, 3.63) is 23.7 Å². The summed E-state index contributed by atoms with van der Waals surface area (Å²) in [5.74, 6) is 3.18. The number of hydrogen-bond acceptors (Lipinski definition) is 2. The quantitative estimate of drug-likeness (QED) is 0.595. The molecule has 1 aliphatic heterocycles. The van der Waals surface area contributed by atoms with E-state index in [1.165, 1.54) is 0 Å². The lowest BCUT2D eigenvalue weighted by atomic mass is 9.89. The molecule has 0 amide bonds. The third-order valence-corrected chi connectivity index (χ3v) is 2.47. The second-order valence-electron chi connectivity index (χ2n) is 3.65. The van der Waals surface area contributed by atoms with E-state index in [-0.39, 0.29) is 0 Å². The van der Waals surface area contributed by atoms with Crippen LogP contribution in [0.1, 0.15) is 20.3 Å². The van der Waals surface area contributed by atoms with E-state index in [9.17, 15) is 0 Å². The standard InChI is InChI=1S/C10H14O2/c1-7(2)8-3-4-9-10(5-8)12-6-11-9/h4-5,7-8H,3,6H2,1-2H3. The minimum atomic E-state index is 0.391. The van der Waals surface area contributed by atoms with Crippen molar-refractivity contribution < 1.29 is 9.47 Å². The fourth-order valence-electron chi connectivity index (χ4n) is 1.56. The molecule has 0 spiro atoms. The van der Waals surface area contributed by atoms with Crippen LogP contribution in [0.15, 0.2) is 23.7 Å². The van der Waals surface area contributed by atoms with Crippen LogP contribution in [0.4, 0.5) is 0 Å². The summed E-state index contributed by atoms with van der Waals surface area (Å²) in [5.41, 5.74) is 0. The van der Waals surface area contributed by atoms with Crippen LogP contribution < -0.4 is 0 Å². The van der Waals surface area contributed by atoms with E-state index in [2.05, 4.69) is 26.0 Å². The fourth-order valence-corrected chi connectivity index (χ4v) is 1.56. The second-order valence-corrected chi connectivity index (χ2v) is 3.65. The predicted octanol–water partition coefficient (Wildman–Crippen LogP) is 2.43. The SMILES string of the molecule is CC(C)C1C=C2OCOC2=CC1. The van der Waals surface area contributed by atoms with E-state index in [0.717, 1.165) is 17.9 Å². The highest BCUT2D eigenvalue weighted by Gasteiger charge is 2.23. The fraction of sp³-hybridized carbons (Fsp3) is 0.600. The molecule has 2 nitrogen and oxygen atoms in total. The highest BCUT2D eigenvalue weighted by atomic mass is 16.7. The number of rotatable bonds is 1. The topological polar surface area (TPSA) is 18.5 Å². The molecule has 0 N–H and O–H groups in total. The van der Waals surface area contributed by atoms with E-state index in [1.54, 1.807) is 0 Å². The van der Waals surface area contributed by atoms with Crippen LogP contribution in [0.2, 0.25) is 0 Å². The third-order valence-electron chi connectivity index (χ3n) is 2.47. The molecule has 2 heteroatoms. The first kappa shape index (κ1) is 7.71. The molecular formula is C10H14O2. The van der Waals surface area contributed by atoms with Crippen LogP contribution in [0, 0.1) is 11.8 Å². The first-order valence-electron chi connectivity index (χ1n) is 4.45. The van der Waals surface area contributed by atoms with E-state index in [1.807, 2.05) is 0 Å². The van der Waals surface area contributed by atoms with Crippen molar-refractivity contribution in [3.63, 3.8) is 0 Å². The van der Waals surface area contributed by atoms with Gasteiger partial charge in [-0.2, -0.15) is 0 Å². The summed E-state index contributed by atoms with van der Waals surface area (Å²) < 4.78 is 10.6. The average molecular weight is 166 g/mol. The lowest BCUT2D eigenvalue weighted by Gasteiger charge is -2.18. The molecule has 2 rings (SSSR count). The Morgan fingerprint density at radius 3 is 2.83 bits per heavy atom. The summed E-state index contributed by atoms with van der Waals surface area (Å²) in [4.78, 5) is 0. The van der Waals surface area contributed by atoms with Crippen LogP contribution in [0.25, 0.3) is 0 Å². The Morgan fingerprint density at radius 1 is 1.33 bits per heavy atom. The second kappa shape index (κ2) is 2.85. The Bertz CT molecular complexity index is 238. The molecule has 1 aliphatic carbocycles. The van der Waals surface area contributed by atoms with Crippen molar-refractivity contribution in [1.29, 1.82) is 0 Å². The zero-order valence-electron chi connectivity index (χ0n) is 7.54. The molecule has 1 fully saturated rings. The molecule has 0 aromatic heterocycles. The third kappa shape index (κ3) is 1.22. The van der Waals surface area contributed by atoms with E-state index >= 15 is 0 Å². The van der Waals surface area contributed by atoms with Crippen LogP contribution >= 0.6 is 0 Å². The van der Waals surface area contributed by atoms with Gasteiger partial charge >= 0.3 is 0 Å². The minimum absolute atomic E-state index is 0.391. The maximum atomic E-state index is 5.31. The zero-order valence-corrected chi connectivity index (χ0v) is 7.54. The maximum Gasteiger partial charge on any atom is 0.231 e. The lowest BCUT2D eigenvalue weighted by Crippen LogP contribution is -2.09. The molecular weight excluding hydrogens is 152 g/mol. The summed E-state index contributed by atoms with van der Waals surface area (Å²) in [6.45, 7) is 4.86. The van der Waals surface area contributed by atoms with Gasteiger partial charge in [0.2, 0.25) is 6.79 Å². The van der Waals surface area contributed by atoms with Crippen molar-refractivity contribution in [2.24, 2.45) is 11.8 Å². The lowest BCUT2D eigenvalue weighted by molar-refractivity contribution is 0.0976. The molecule has 12 heavy (non-hydrogen) atoms. The van der Waals surface area contributed by atoms with E-state index in [4.69, 9.17) is 9.47 Å². The van der Waals surface area contributed by atoms with Gasteiger partial charge in [-0.1, -0.05) is 13.8 Å². The molecule has 1 saturated heterocycles. The van der Waals surface area contributed by atoms with E-state index < -0.39 is 0 Å². The smallest absolute Gasteiger partial charge is 0.231 e. The number of ether oxygens (including phenoxy) is 2. The number of fused-ring (bicyclic) bond motifs is 1. The molecule has 66 valence electrons. The van der Waals surface area contributed by atoms with Crippen LogP contribution in [-0.4, -0.2) is 6.79 Å². The summed E-state index contributed by atoms with van der Waals surface area (Å²) in [7, 11) is 0. The van der Waals surface area contributed by atoms with Gasteiger partial charge in [-0.15, -0.1) is 0 Å². The molecule has 1 heterocycles. The number of allylic oxidation sites excluding steroid dienone is 2. The molecule has 0 radical (unpaired) electrons. The molecule has 0 saturated carbocycles. The molecule has 1 atom stereocenters. The number of hydrogen-bond donors (Lipinski definition) is 0. The first-order chi connectivity index (χ1) is 5.77. The maximum absolute atomic E-state index is 5.31. The van der Waals surface area contributed by atoms with Gasteiger partial charge in [-0.05, 0) is 30.4 Å². The predicted molar refractivity (Wildman–Crippen MR) is 46.1 cm³/mol. The summed E-state index contributed by atoms with van der Waals surface area (Å²) in [5, 5.41) is 0. The molecule has 0 aromatic carbocycles. The monoisotopic (exact) mass is 166 g/mol. The average Bonchev–Trinajstić information content (AvgIpc) is 2.49. The Morgan fingerprint density at radius 2 is 2.08 bits per heavy atom. The largest absolute Gasteiger partial charge is 0.454 e. The highest BCUT2D eigenvalue weighted by Crippen LogP contribution is 2.32. The van der Waals surface area contributed by atoms with Gasteiger partial charge in [-0.25, -0.2) is 0 Å². The normalized spacial score (nSPS) is 27.1. The zero-order chi connectivity index (χ0) is 8.55. The highest BCUT2D eigenvalue weighted by molar-refractivity contribution is 5.27. The Hall–Kier alpha value is -0.920. The Kier molecular flexibility index (Phi) is 1.83. The van der Waals surface area contributed by atoms with Crippen LogP contribution in [0.3, 0.4) is 0 Å². The molecule has 1 unspecified atom stereocenters. The van der Waals surface area contributed by atoms with Gasteiger partial charge in [0, 0.05) is 0 Å². The van der Waals surface area contributed by atoms with Gasteiger partial charge < -0.3 is 9.47 Å². The van der Waals surface area contributed by atoms with Gasteiger partial charge in [0.05, 0.1) is 0 Å². The molecule has 0 bridgehead atoms. The van der Waals surface area contributed by atoms with Crippen molar-refractivity contribution in [2.75, 3.05) is 6.79 Å². The molecule has 0 aromatic rings. The Labute approximate surface area is 72.9 Å². The van der Waals surface area contributed by atoms with Crippen molar-refractivity contribution >= 4 is 0 Å². The minimum Gasteiger partial charge on any atom is -0.454 e. The van der Waals surface area contributed by atoms with Crippen molar-refractivity contribution in [2.45, 2.75) is 20.3 Å². The first-order valence-corrected chi connectivity index (χ1v) is 4.45. The van der Waals surface area contributed by atoms with Crippen LogP contribution in [0.5, 0.6) is 0 Å². The van der Waals surface area contributed by atoms with Gasteiger partial charge in [0.15, 0.2) is 11.5 Å². The van der Waals surface area contributed by atoms with Crippen LogP contribution in [-0.2, 0) is 9.47 Å². The van der Waals surface area contributed by atoms with Gasteiger partial charge in [-0.3, -0.25) is 0 Å². The van der Waals surface area contributed by atoms with E-state index in [0.29, 0.717) is 18.6 Å². The summed E-state index contributed by atoms with van der Waals surface area (Å²) >= 11 is 0. The van der Waals surface area contributed by atoms with Gasteiger partial charge in [0.1, 0.15) is 0 Å². The summed E-state index contributed by atoms with van der Waals surface area (Å²) in [6, 6.07) is 0. The molecule has 2 aliphatic rings. The summed E-state index contributed by atoms with van der Waals surface area (Å²) in [6.07, 6.45) is 5.40.